The van der Waals surface area contributed by atoms with Crippen LogP contribution in [0.5, 0.6) is 5.75 Å². The Morgan fingerprint density at radius 3 is 2.64 bits per heavy atom. The SMILES string of the molecule is COc1ccc2c(c1)nc(NCc1ccc(C)c(C)c1)n1nc(C3CCCCN(C(=O)OC(C)(C)C)C3)nc21. The van der Waals surface area contributed by atoms with Crippen molar-refractivity contribution in [2.75, 3.05) is 25.5 Å². The molecule has 206 valence electrons. The fourth-order valence-corrected chi connectivity index (χ4v) is 4.96. The van der Waals surface area contributed by atoms with Crippen LogP contribution in [0.15, 0.2) is 36.4 Å². The number of likely N-dealkylation sites (tertiary alicyclic amines) is 1. The van der Waals surface area contributed by atoms with E-state index in [2.05, 4.69) is 37.4 Å². The van der Waals surface area contributed by atoms with E-state index in [4.69, 9.17) is 24.5 Å². The van der Waals surface area contributed by atoms with Gasteiger partial charge >= 0.3 is 6.09 Å². The molecule has 1 atom stereocenters. The Kier molecular flexibility index (Phi) is 7.34. The summed E-state index contributed by atoms with van der Waals surface area (Å²) in [6.07, 6.45) is 2.54. The lowest BCUT2D eigenvalue weighted by molar-refractivity contribution is 0.0248. The number of hydrogen-bond acceptors (Lipinski definition) is 7. The molecule has 1 N–H and O–H groups in total. The molecule has 1 fully saturated rings. The fourth-order valence-electron chi connectivity index (χ4n) is 4.96. The number of aromatic nitrogens is 4. The Bertz CT molecular complexity index is 1510. The van der Waals surface area contributed by atoms with E-state index in [0.717, 1.165) is 47.1 Å². The van der Waals surface area contributed by atoms with Crippen molar-refractivity contribution < 1.29 is 14.3 Å². The van der Waals surface area contributed by atoms with Crippen molar-refractivity contribution in [1.29, 1.82) is 0 Å². The number of aryl methyl sites for hydroxylation is 2. The average molecular weight is 531 g/mol. The zero-order valence-electron chi connectivity index (χ0n) is 23.7. The molecule has 1 amide bonds. The van der Waals surface area contributed by atoms with Gasteiger partial charge in [0, 0.05) is 37.0 Å². The second-order valence-corrected chi connectivity index (χ2v) is 11.4. The van der Waals surface area contributed by atoms with Crippen LogP contribution in [0.2, 0.25) is 0 Å². The van der Waals surface area contributed by atoms with Crippen molar-refractivity contribution >= 4 is 28.6 Å². The number of anilines is 1. The minimum Gasteiger partial charge on any atom is -0.497 e. The minimum atomic E-state index is -0.539. The lowest BCUT2D eigenvalue weighted by Gasteiger charge is -2.27. The molecule has 2 aromatic heterocycles. The zero-order valence-corrected chi connectivity index (χ0v) is 23.7. The highest BCUT2D eigenvalue weighted by atomic mass is 16.6. The van der Waals surface area contributed by atoms with E-state index >= 15 is 0 Å². The van der Waals surface area contributed by atoms with Crippen LogP contribution >= 0.6 is 0 Å². The van der Waals surface area contributed by atoms with Gasteiger partial charge < -0.3 is 19.7 Å². The number of fused-ring (bicyclic) bond motifs is 3. The topological polar surface area (TPSA) is 93.9 Å². The molecule has 1 unspecified atom stereocenters. The van der Waals surface area contributed by atoms with E-state index in [-0.39, 0.29) is 12.0 Å². The second kappa shape index (κ2) is 10.7. The molecule has 2 aromatic carbocycles. The number of hydrogen-bond donors (Lipinski definition) is 1. The summed E-state index contributed by atoms with van der Waals surface area (Å²) in [6, 6.07) is 12.3. The smallest absolute Gasteiger partial charge is 0.410 e. The van der Waals surface area contributed by atoms with Crippen LogP contribution in [0, 0.1) is 13.8 Å². The highest BCUT2D eigenvalue weighted by Gasteiger charge is 2.29. The summed E-state index contributed by atoms with van der Waals surface area (Å²) in [5, 5.41) is 9.33. The Morgan fingerprint density at radius 1 is 1.08 bits per heavy atom. The van der Waals surface area contributed by atoms with Gasteiger partial charge in [-0.3, -0.25) is 0 Å². The normalized spacial score (nSPS) is 16.4. The number of benzene rings is 2. The van der Waals surface area contributed by atoms with E-state index in [0.29, 0.717) is 31.4 Å². The molecule has 9 heteroatoms. The molecular formula is C30H38N6O3. The summed E-state index contributed by atoms with van der Waals surface area (Å²) >= 11 is 0. The van der Waals surface area contributed by atoms with Crippen LogP contribution in [-0.2, 0) is 11.3 Å². The number of carbonyl (C=O) groups is 1. The zero-order chi connectivity index (χ0) is 27.7. The van der Waals surface area contributed by atoms with Crippen LogP contribution in [0.25, 0.3) is 16.6 Å². The van der Waals surface area contributed by atoms with Crippen molar-refractivity contribution in [3.63, 3.8) is 0 Å². The number of rotatable bonds is 5. The van der Waals surface area contributed by atoms with Crippen LogP contribution in [0.4, 0.5) is 10.7 Å². The maximum Gasteiger partial charge on any atom is 0.410 e. The molecule has 0 radical (unpaired) electrons. The first kappa shape index (κ1) is 26.7. The highest BCUT2D eigenvalue weighted by Crippen LogP contribution is 2.30. The highest BCUT2D eigenvalue weighted by molar-refractivity contribution is 5.93. The molecule has 0 spiro atoms. The Labute approximate surface area is 229 Å². The molecule has 1 aliphatic rings. The van der Waals surface area contributed by atoms with Gasteiger partial charge in [0.15, 0.2) is 11.5 Å². The second-order valence-electron chi connectivity index (χ2n) is 11.4. The summed E-state index contributed by atoms with van der Waals surface area (Å²) in [5.74, 6) is 2.06. The molecule has 1 aliphatic heterocycles. The summed E-state index contributed by atoms with van der Waals surface area (Å²) in [6.45, 7) is 11.7. The van der Waals surface area contributed by atoms with Gasteiger partial charge in [-0.2, -0.15) is 4.52 Å². The molecular weight excluding hydrogens is 492 g/mol. The quantitative estimate of drug-likeness (QED) is 0.337. The van der Waals surface area contributed by atoms with Crippen molar-refractivity contribution in [3.05, 3.63) is 58.9 Å². The van der Waals surface area contributed by atoms with Gasteiger partial charge in [-0.1, -0.05) is 24.6 Å². The Balaban J connectivity index is 1.51. The summed E-state index contributed by atoms with van der Waals surface area (Å²) in [5.41, 5.74) is 4.65. The van der Waals surface area contributed by atoms with E-state index in [1.807, 2.05) is 39.0 Å². The molecule has 9 nitrogen and oxygen atoms in total. The summed E-state index contributed by atoms with van der Waals surface area (Å²) in [7, 11) is 1.65. The lowest BCUT2D eigenvalue weighted by atomic mass is 10.0. The third-order valence-electron chi connectivity index (χ3n) is 7.21. The lowest BCUT2D eigenvalue weighted by Crippen LogP contribution is -2.38. The molecule has 4 aromatic rings. The Morgan fingerprint density at radius 2 is 1.90 bits per heavy atom. The summed E-state index contributed by atoms with van der Waals surface area (Å²) < 4.78 is 12.9. The number of nitrogens with one attached hydrogen (secondary N) is 1. The number of carbonyl (C=O) groups excluding carboxylic acids is 1. The predicted molar refractivity (Wildman–Crippen MR) is 152 cm³/mol. The van der Waals surface area contributed by atoms with E-state index in [1.165, 1.54) is 11.1 Å². The number of nitrogens with zero attached hydrogens (tertiary/aromatic N) is 5. The van der Waals surface area contributed by atoms with Crippen molar-refractivity contribution in [1.82, 2.24) is 24.5 Å². The number of amides is 1. The van der Waals surface area contributed by atoms with Crippen LogP contribution in [0.3, 0.4) is 0 Å². The number of methoxy groups -OCH3 is 1. The monoisotopic (exact) mass is 530 g/mol. The van der Waals surface area contributed by atoms with E-state index in [1.54, 1.807) is 16.5 Å². The largest absolute Gasteiger partial charge is 0.497 e. The maximum atomic E-state index is 12.9. The molecule has 3 heterocycles. The Hall–Kier alpha value is -3.88. The maximum absolute atomic E-state index is 12.9. The molecule has 1 saturated heterocycles. The van der Waals surface area contributed by atoms with Gasteiger partial charge in [-0.25, -0.2) is 14.8 Å². The van der Waals surface area contributed by atoms with Gasteiger partial charge in [0.1, 0.15) is 11.4 Å². The first-order valence-electron chi connectivity index (χ1n) is 13.6. The van der Waals surface area contributed by atoms with Gasteiger partial charge in [0.25, 0.3) is 0 Å². The minimum absolute atomic E-state index is 0.000754. The van der Waals surface area contributed by atoms with Crippen molar-refractivity contribution in [2.24, 2.45) is 0 Å². The van der Waals surface area contributed by atoms with Crippen LogP contribution < -0.4 is 10.1 Å². The predicted octanol–water partition coefficient (Wildman–Crippen LogP) is 6.02. The third-order valence-corrected chi connectivity index (χ3v) is 7.21. The van der Waals surface area contributed by atoms with Crippen LogP contribution in [0.1, 0.15) is 68.5 Å². The standard InChI is InChI=1S/C30H38N6O3/c1-19-10-11-21(15-20(19)2)17-31-28-32-25-16-23(38-6)12-13-24(25)27-33-26(34-36(27)28)22-9-7-8-14-35(18-22)29(37)39-30(3,4)5/h10-13,15-16,22H,7-9,14,17-18H2,1-6H3,(H,31,32). The van der Waals surface area contributed by atoms with E-state index in [9.17, 15) is 4.79 Å². The average Bonchev–Trinajstić information content (AvgIpc) is 3.19. The first-order valence-corrected chi connectivity index (χ1v) is 13.6. The van der Waals surface area contributed by atoms with Crippen molar-refractivity contribution in [2.45, 2.75) is 71.9 Å². The van der Waals surface area contributed by atoms with Gasteiger partial charge in [0.05, 0.1) is 12.6 Å². The van der Waals surface area contributed by atoms with Crippen molar-refractivity contribution in [3.8, 4) is 5.75 Å². The molecule has 0 aliphatic carbocycles. The first-order chi connectivity index (χ1) is 18.6. The fraction of sp³-hybridized carbons (Fsp3) is 0.467. The molecule has 5 rings (SSSR count). The molecule has 39 heavy (non-hydrogen) atoms. The van der Waals surface area contributed by atoms with Gasteiger partial charge in [-0.05, 0) is 76.3 Å². The van der Waals surface area contributed by atoms with Gasteiger partial charge in [0.2, 0.25) is 5.95 Å². The van der Waals surface area contributed by atoms with E-state index < -0.39 is 5.60 Å². The molecule has 0 bridgehead atoms. The third kappa shape index (κ3) is 5.92. The molecule has 0 saturated carbocycles. The number of ether oxygens (including phenoxy) is 2. The van der Waals surface area contributed by atoms with Crippen LogP contribution in [-0.4, -0.2) is 56.4 Å². The van der Waals surface area contributed by atoms with Gasteiger partial charge in [-0.15, -0.1) is 5.10 Å². The summed E-state index contributed by atoms with van der Waals surface area (Å²) in [4.78, 5) is 24.6.